The van der Waals surface area contributed by atoms with E-state index in [4.69, 9.17) is 4.74 Å². The SMILES string of the molecule is COc1ccc(C(=O)Cc2ccc3c(c2)CCC3)cc1F. The molecule has 2 aromatic carbocycles. The fourth-order valence-corrected chi connectivity index (χ4v) is 2.86. The molecule has 108 valence electrons. The van der Waals surface area contributed by atoms with Gasteiger partial charge in [0.15, 0.2) is 17.3 Å². The van der Waals surface area contributed by atoms with Crippen molar-refractivity contribution in [2.24, 2.45) is 0 Å². The van der Waals surface area contributed by atoms with Gasteiger partial charge in [-0.05, 0) is 54.2 Å². The van der Waals surface area contributed by atoms with E-state index in [1.54, 1.807) is 6.07 Å². The van der Waals surface area contributed by atoms with Crippen molar-refractivity contribution in [3.05, 3.63) is 64.5 Å². The average molecular weight is 284 g/mol. The van der Waals surface area contributed by atoms with Crippen LogP contribution in [0.3, 0.4) is 0 Å². The lowest BCUT2D eigenvalue weighted by molar-refractivity contribution is 0.0992. The van der Waals surface area contributed by atoms with Crippen LogP contribution >= 0.6 is 0 Å². The summed E-state index contributed by atoms with van der Waals surface area (Å²) in [5.41, 5.74) is 4.12. The maximum Gasteiger partial charge on any atom is 0.167 e. The van der Waals surface area contributed by atoms with Gasteiger partial charge in [0, 0.05) is 12.0 Å². The highest BCUT2D eigenvalue weighted by atomic mass is 19.1. The lowest BCUT2D eigenvalue weighted by Gasteiger charge is -2.06. The molecule has 0 radical (unpaired) electrons. The molecular formula is C18H17FO2. The zero-order chi connectivity index (χ0) is 14.8. The predicted octanol–water partition coefficient (Wildman–Crippen LogP) is 3.75. The Hall–Kier alpha value is -2.16. The van der Waals surface area contributed by atoms with Gasteiger partial charge < -0.3 is 4.74 Å². The molecule has 21 heavy (non-hydrogen) atoms. The molecule has 3 rings (SSSR count). The van der Waals surface area contributed by atoms with Gasteiger partial charge in [-0.25, -0.2) is 4.39 Å². The lowest BCUT2D eigenvalue weighted by atomic mass is 9.99. The van der Waals surface area contributed by atoms with Crippen molar-refractivity contribution in [2.75, 3.05) is 7.11 Å². The number of carbonyl (C=O) groups is 1. The topological polar surface area (TPSA) is 26.3 Å². The summed E-state index contributed by atoms with van der Waals surface area (Å²) in [4.78, 5) is 12.3. The summed E-state index contributed by atoms with van der Waals surface area (Å²) in [5, 5.41) is 0. The molecule has 2 nitrogen and oxygen atoms in total. The number of ether oxygens (including phenoxy) is 1. The standard InChI is InChI=1S/C18H17FO2/c1-21-18-8-7-15(11-16(18)19)17(20)10-12-5-6-13-3-2-4-14(13)9-12/h5-9,11H,2-4,10H2,1H3. The van der Waals surface area contributed by atoms with Crippen molar-refractivity contribution in [2.45, 2.75) is 25.7 Å². The number of aryl methyl sites for hydroxylation is 2. The highest BCUT2D eigenvalue weighted by Crippen LogP contribution is 2.24. The molecule has 0 aromatic heterocycles. The first-order chi connectivity index (χ1) is 10.2. The molecule has 0 spiro atoms. The Morgan fingerprint density at radius 2 is 1.95 bits per heavy atom. The van der Waals surface area contributed by atoms with E-state index in [0.717, 1.165) is 18.4 Å². The van der Waals surface area contributed by atoms with Crippen LogP contribution in [0.2, 0.25) is 0 Å². The zero-order valence-corrected chi connectivity index (χ0v) is 12.0. The Balaban J connectivity index is 1.78. The second-order valence-corrected chi connectivity index (χ2v) is 5.41. The van der Waals surface area contributed by atoms with Crippen LogP contribution in [-0.2, 0) is 19.3 Å². The second-order valence-electron chi connectivity index (χ2n) is 5.41. The lowest BCUT2D eigenvalue weighted by Crippen LogP contribution is -2.05. The summed E-state index contributed by atoms with van der Waals surface area (Å²) < 4.78 is 18.5. The maximum atomic E-state index is 13.7. The molecule has 0 heterocycles. The van der Waals surface area contributed by atoms with Crippen LogP contribution < -0.4 is 4.74 Å². The number of halogens is 1. The summed E-state index contributed by atoms with van der Waals surface area (Å²) in [6.07, 6.45) is 3.72. The third kappa shape index (κ3) is 2.82. The van der Waals surface area contributed by atoms with E-state index in [1.807, 2.05) is 6.07 Å². The van der Waals surface area contributed by atoms with Crippen molar-refractivity contribution in [1.29, 1.82) is 0 Å². The van der Waals surface area contributed by atoms with Crippen molar-refractivity contribution >= 4 is 5.78 Å². The van der Waals surface area contributed by atoms with Crippen LogP contribution in [-0.4, -0.2) is 12.9 Å². The highest BCUT2D eigenvalue weighted by Gasteiger charge is 2.14. The summed E-state index contributed by atoms with van der Waals surface area (Å²) in [6, 6.07) is 10.6. The first-order valence-electron chi connectivity index (χ1n) is 7.15. The van der Waals surface area contributed by atoms with Crippen LogP contribution in [0, 0.1) is 5.82 Å². The molecule has 2 aromatic rings. The van der Waals surface area contributed by atoms with Gasteiger partial charge in [0.05, 0.1) is 7.11 Å². The van der Waals surface area contributed by atoms with Gasteiger partial charge >= 0.3 is 0 Å². The number of Topliss-reactive ketones (excluding diaryl/α,β-unsaturated/α-hetero) is 1. The van der Waals surface area contributed by atoms with Crippen molar-refractivity contribution in [3.63, 3.8) is 0 Å². The largest absolute Gasteiger partial charge is 0.494 e. The van der Waals surface area contributed by atoms with E-state index >= 15 is 0 Å². The number of ketones is 1. The Labute approximate surface area is 123 Å². The molecule has 1 aliphatic rings. The third-order valence-corrected chi connectivity index (χ3v) is 4.00. The number of carbonyl (C=O) groups excluding carboxylic acids is 1. The van der Waals surface area contributed by atoms with Crippen LogP contribution in [0.4, 0.5) is 4.39 Å². The van der Waals surface area contributed by atoms with E-state index in [1.165, 1.54) is 36.8 Å². The molecule has 0 unspecified atom stereocenters. The molecular weight excluding hydrogens is 267 g/mol. The monoisotopic (exact) mass is 284 g/mol. The molecule has 0 aliphatic heterocycles. The second kappa shape index (κ2) is 5.68. The number of hydrogen-bond donors (Lipinski definition) is 0. The Morgan fingerprint density at radius 3 is 2.71 bits per heavy atom. The minimum absolute atomic E-state index is 0.0745. The van der Waals surface area contributed by atoms with Gasteiger partial charge in [0.1, 0.15) is 0 Å². The van der Waals surface area contributed by atoms with Gasteiger partial charge in [-0.15, -0.1) is 0 Å². The summed E-state index contributed by atoms with van der Waals surface area (Å²) in [6.45, 7) is 0. The number of benzene rings is 2. The fourth-order valence-electron chi connectivity index (χ4n) is 2.86. The van der Waals surface area contributed by atoms with E-state index in [0.29, 0.717) is 12.0 Å². The van der Waals surface area contributed by atoms with Gasteiger partial charge in [-0.3, -0.25) is 4.79 Å². The number of methoxy groups -OCH3 is 1. The zero-order valence-electron chi connectivity index (χ0n) is 12.0. The Kier molecular flexibility index (Phi) is 3.74. The van der Waals surface area contributed by atoms with Crippen LogP contribution in [0.15, 0.2) is 36.4 Å². The number of hydrogen-bond acceptors (Lipinski definition) is 2. The van der Waals surface area contributed by atoms with Crippen LogP contribution in [0.1, 0.15) is 33.5 Å². The summed E-state index contributed by atoms with van der Waals surface area (Å²) in [7, 11) is 1.41. The van der Waals surface area contributed by atoms with Gasteiger partial charge in [0.25, 0.3) is 0 Å². The van der Waals surface area contributed by atoms with Crippen LogP contribution in [0.5, 0.6) is 5.75 Å². The maximum absolute atomic E-state index is 13.7. The highest BCUT2D eigenvalue weighted by molar-refractivity contribution is 5.97. The van der Waals surface area contributed by atoms with Gasteiger partial charge in [-0.2, -0.15) is 0 Å². The minimum atomic E-state index is -0.502. The van der Waals surface area contributed by atoms with E-state index in [9.17, 15) is 9.18 Å². The summed E-state index contributed by atoms with van der Waals surface area (Å²) >= 11 is 0. The normalized spacial score (nSPS) is 13.0. The first kappa shape index (κ1) is 13.8. The fraction of sp³-hybridized carbons (Fsp3) is 0.278. The van der Waals surface area contributed by atoms with Gasteiger partial charge in [0.2, 0.25) is 0 Å². The molecule has 0 fully saturated rings. The third-order valence-electron chi connectivity index (χ3n) is 4.00. The minimum Gasteiger partial charge on any atom is -0.494 e. The van der Waals surface area contributed by atoms with Gasteiger partial charge in [-0.1, -0.05) is 18.2 Å². The molecule has 3 heteroatoms. The molecule has 0 atom stereocenters. The van der Waals surface area contributed by atoms with Crippen molar-refractivity contribution in [3.8, 4) is 5.75 Å². The summed E-state index contributed by atoms with van der Waals surface area (Å²) in [5.74, 6) is -0.420. The van der Waals surface area contributed by atoms with E-state index < -0.39 is 5.82 Å². The quantitative estimate of drug-likeness (QED) is 0.799. The Bertz CT molecular complexity index is 692. The Morgan fingerprint density at radius 1 is 1.14 bits per heavy atom. The van der Waals surface area contributed by atoms with Crippen molar-refractivity contribution < 1.29 is 13.9 Å². The first-order valence-corrected chi connectivity index (χ1v) is 7.15. The predicted molar refractivity (Wildman–Crippen MR) is 79.5 cm³/mol. The molecule has 0 amide bonds. The molecule has 0 saturated heterocycles. The van der Waals surface area contributed by atoms with E-state index in [-0.39, 0.29) is 11.5 Å². The van der Waals surface area contributed by atoms with Crippen molar-refractivity contribution in [1.82, 2.24) is 0 Å². The molecule has 1 aliphatic carbocycles. The molecule has 0 saturated carbocycles. The van der Waals surface area contributed by atoms with E-state index in [2.05, 4.69) is 12.1 Å². The number of fused-ring (bicyclic) bond motifs is 1. The van der Waals surface area contributed by atoms with Crippen LogP contribution in [0.25, 0.3) is 0 Å². The molecule has 0 bridgehead atoms. The smallest absolute Gasteiger partial charge is 0.167 e. The number of rotatable bonds is 4. The average Bonchev–Trinajstić information content (AvgIpc) is 2.94. The molecule has 0 N–H and O–H groups in total.